The zero-order valence-corrected chi connectivity index (χ0v) is 18.6. The quantitative estimate of drug-likeness (QED) is 0.322. The summed E-state index contributed by atoms with van der Waals surface area (Å²) in [5.74, 6) is 0.606. The normalized spacial score (nSPS) is 11.2. The summed E-state index contributed by atoms with van der Waals surface area (Å²) in [5, 5.41) is 1.44. The third-order valence-corrected chi connectivity index (χ3v) is 6.21. The highest BCUT2D eigenvalue weighted by atomic mass is 32.1. The molecular formula is C25H21N3O3S. The summed E-state index contributed by atoms with van der Waals surface area (Å²) in [5.41, 5.74) is 3.45. The van der Waals surface area contributed by atoms with Crippen molar-refractivity contribution in [2.45, 2.75) is 20.4 Å². The second-order valence-electron chi connectivity index (χ2n) is 7.39. The van der Waals surface area contributed by atoms with Gasteiger partial charge in [-0.2, -0.15) is 0 Å². The molecule has 7 heteroatoms. The van der Waals surface area contributed by atoms with Crippen molar-refractivity contribution >= 4 is 43.6 Å². The van der Waals surface area contributed by atoms with Gasteiger partial charge in [0.25, 0.3) is 5.91 Å². The van der Waals surface area contributed by atoms with Crippen molar-refractivity contribution in [2.75, 3.05) is 11.5 Å². The van der Waals surface area contributed by atoms with Crippen molar-refractivity contribution in [3.05, 3.63) is 83.9 Å². The minimum Gasteiger partial charge on any atom is -0.490 e. The van der Waals surface area contributed by atoms with Gasteiger partial charge >= 0.3 is 0 Å². The van der Waals surface area contributed by atoms with Gasteiger partial charge in [0.15, 0.2) is 22.2 Å². The number of hydrogen-bond acceptors (Lipinski definition) is 6. The average Bonchev–Trinajstić information content (AvgIpc) is 3.44. The molecule has 0 bridgehead atoms. The molecule has 0 aliphatic heterocycles. The largest absolute Gasteiger partial charge is 0.490 e. The van der Waals surface area contributed by atoms with Crippen LogP contribution in [-0.2, 0) is 6.54 Å². The lowest BCUT2D eigenvalue weighted by Crippen LogP contribution is -2.30. The van der Waals surface area contributed by atoms with Gasteiger partial charge in [-0.05, 0) is 49.2 Å². The molecule has 5 aromatic rings. The summed E-state index contributed by atoms with van der Waals surface area (Å²) in [6.07, 6.45) is 3.47. The first-order valence-electron chi connectivity index (χ1n) is 10.4. The maximum atomic E-state index is 13.7. The standard InChI is InChI=1S/C25H21N3O3S/c1-3-30-19-10-5-9-18-13-20(31-23(18)19)24(29)28(15-17-8-6-12-26-14-17)25-27-22-16(2)7-4-11-21(22)32-25/h4-14H,3,15H2,1-2H3. The summed E-state index contributed by atoms with van der Waals surface area (Å²) in [6.45, 7) is 4.79. The van der Waals surface area contributed by atoms with Gasteiger partial charge in [0.2, 0.25) is 0 Å². The number of carbonyl (C=O) groups excluding carboxylic acids is 1. The summed E-state index contributed by atoms with van der Waals surface area (Å²) in [6, 6.07) is 17.2. The van der Waals surface area contributed by atoms with Gasteiger partial charge in [-0.1, -0.05) is 41.7 Å². The predicted molar refractivity (Wildman–Crippen MR) is 126 cm³/mol. The lowest BCUT2D eigenvalue weighted by Gasteiger charge is -2.18. The molecule has 5 rings (SSSR count). The minimum atomic E-state index is -0.260. The molecule has 32 heavy (non-hydrogen) atoms. The van der Waals surface area contributed by atoms with E-state index >= 15 is 0 Å². The van der Waals surface area contributed by atoms with Gasteiger partial charge in [-0.25, -0.2) is 4.98 Å². The second-order valence-corrected chi connectivity index (χ2v) is 8.40. The molecule has 160 valence electrons. The van der Waals surface area contributed by atoms with Crippen LogP contribution in [0.15, 0.2) is 71.4 Å². The van der Waals surface area contributed by atoms with Gasteiger partial charge in [0.05, 0.1) is 23.4 Å². The first-order chi connectivity index (χ1) is 15.6. The number of nitrogens with zero attached hydrogens (tertiary/aromatic N) is 3. The Kier molecular flexibility index (Phi) is 5.33. The van der Waals surface area contributed by atoms with E-state index in [0.717, 1.165) is 26.7 Å². The number of hydrogen-bond donors (Lipinski definition) is 0. The van der Waals surface area contributed by atoms with Crippen LogP contribution >= 0.6 is 11.3 Å². The lowest BCUT2D eigenvalue weighted by molar-refractivity contribution is 0.0960. The lowest BCUT2D eigenvalue weighted by atomic mass is 10.2. The van der Waals surface area contributed by atoms with Crippen LogP contribution < -0.4 is 9.64 Å². The highest BCUT2D eigenvalue weighted by Gasteiger charge is 2.26. The zero-order valence-electron chi connectivity index (χ0n) is 17.7. The molecule has 2 aromatic carbocycles. The van der Waals surface area contributed by atoms with Crippen LogP contribution in [0.3, 0.4) is 0 Å². The summed E-state index contributed by atoms with van der Waals surface area (Å²) < 4.78 is 12.7. The number of carbonyl (C=O) groups is 1. The highest BCUT2D eigenvalue weighted by molar-refractivity contribution is 7.22. The molecule has 0 atom stereocenters. The van der Waals surface area contributed by atoms with Crippen LogP contribution in [0.25, 0.3) is 21.2 Å². The Hall–Kier alpha value is -3.71. The number of anilines is 1. The van der Waals surface area contributed by atoms with E-state index in [1.165, 1.54) is 11.3 Å². The topological polar surface area (TPSA) is 68.5 Å². The number of thiazole rings is 1. The number of fused-ring (bicyclic) bond motifs is 2. The molecule has 0 spiro atoms. The molecular weight excluding hydrogens is 422 g/mol. The van der Waals surface area contributed by atoms with Crippen LogP contribution in [0.1, 0.15) is 28.6 Å². The van der Waals surface area contributed by atoms with Crippen LogP contribution in [-0.4, -0.2) is 22.5 Å². The van der Waals surface area contributed by atoms with Gasteiger partial charge in [0.1, 0.15) is 0 Å². The molecule has 0 aliphatic carbocycles. The van der Waals surface area contributed by atoms with Crippen LogP contribution in [0.4, 0.5) is 5.13 Å². The smallest absolute Gasteiger partial charge is 0.296 e. The summed E-state index contributed by atoms with van der Waals surface area (Å²) in [4.78, 5) is 24.3. The van der Waals surface area contributed by atoms with Crippen LogP contribution in [0.2, 0.25) is 0 Å². The van der Waals surface area contributed by atoms with Crippen molar-refractivity contribution in [2.24, 2.45) is 0 Å². The van der Waals surface area contributed by atoms with E-state index in [1.54, 1.807) is 23.4 Å². The fraction of sp³-hybridized carbons (Fsp3) is 0.160. The van der Waals surface area contributed by atoms with Crippen molar-refractivity contribution in [3.8, 4) is 5.75 Å². The Labute approximate surface area is 189 Å². The fourth-order valence-electron chi connectivity index (χ4n) is 3.63. The molecule has 0 saturated heterocycles. The monoisotopic (exact) mass is 443 g/mol. The Morgan fingerprint density at radius 3 is 2.81 bits per heavy atom. The van der Waals surface area contributed by atoms with Gasteiger partial charge in [-0.3, -0.25) is 14.7 Å². The number of para-hydroxylation sites is 2. The van der Waals surface area contributed by atoms with E-state index in [0.29, 0.717) is 29.6 Å². The fourth-order valence-corrected chi connectivity index (χ4v) is 4.68. The summed E-state index contributed by atoms with van der Waals surface area (Å²) >= 11 is 1.49. The molecule has 6 nitrogen and oxygen atoms in total. The van der Waals surface area contributed by atoms with Crippen molar-refractivity contribution < 1.29 is 13.9 Å². The summed E-state index contributed by atoms with van der Waals surface area (Å²) in [7, 11) is 0. The van der Waals surface area contributed by atoms with Crippen LogP contribution in [0, 0.1) is 6.92 Å². The number of ether oxygens (including phenoxy) is 1. The van der Waals surface area contributed by atoms with Gasteiger partial charge in [0, 0.05) is 17.8 Å². The molecule has 3 heterocycles. The molecule has 0 unspecified atom stereocenters. The predicted octanol–water partition coefficient (Wildman–Crippen LogP) is 5.99. The molecule has 0 N–H and O–H groups in total. The highest BCUT2D eigenvalue weighted by Crippen LogP contribution is 2.34. The van der Waals surface area contributed by atoms with E-state index in [-0.39, 0.29) is 11.7 Å². The second kappa shape index (κ2) is 8.43. The zero-order chi connectivity index (χ0) is 22.1. The van der Waals surface area contributed by atoms with E-state index in [4.69, 9.17) is 14.1 Å². The number of furan rings is 1. The Morgan fingerprint density at radius 2 is 2.03 bits per heavy atom. The molecule has 1 amide bonds. The van der Waals surface area contributed by atoms with Crippen molar-refractivity contribution in [3.63, 3.8) is 0 Å². The van der Waals surface area contributed by atoms with E-state index in [9.17, 15) is 4.79 Å². The number of aromatic nitrogens is 2. The number of rotatable bonds is 6. The van der Waals surface area contributed by atoms with Gasteiger partial charge < -0.3 is 9.15 Å². The first-order valence-corrected chi connectivity index (χ1v) is 11.2. The Morgan fingerprint density at radius 1 is 1.16 bits per heavy atom. The SMILES string of the molecule is CCOc1cccc2cc(C(=O)N(Cc3cccnc3)c3nc4c(C)cccc4s3)oc12. The Bertz CT molecular complexity index is 1410. The van der Waals surface area contributed by atoms with Crippen molar-refractivity contribution in [1.82, 2.24) is 9.97 Å². The first kappa shape index (κ1) is 20.2. The number of pyridine rings is 1. The molecule has 0 saturated carbocycles. The maximum absolute atomic E-state index is 13.7. The molecule has 3 aromatic heterocycles. The van der Waals surface area contributed by atoms with E-state index in [1.807, 2.05) is 62.4 Å². The molecule has 0 fully saturated rings. The van der Waals surface area contributed by atoms with Crippen LogP contribution in [0.5, 0.6) is 5.75 Å². The van der Waals surface area contributed by atoms with Gasteiger partial charge in [-0.15, -0.1) is 0 Å². The van der Waals surface area contributed by atoms with Crippen molar-refractivity contribution in [1.29, 1.82) is 0 Å². The molecule has 0 aliphatic rings. The Balaban J connectivity index is 1.59. The molecule has 0 radical (unpaired) electrons. The van der Waals surface area contributed by atoms with E-state index < -0.39 is 0 Å². The third kappa shape index (κ3) is 3.71. The third-order valence-electron chi connectivity index (χ3n) is 5.17. The minimum absolute atomic E-state index is 0.243. The number of amides is 1. The number of aryl methyl sites for hydroxylation is 1. The number of benzene rings is 2. The van der Waals surface area contributed by atoms with E-state index in [2.05, 4.69) is 4.98 Å². The maximum Gasteiger partial charge on any atom is 0.296 e. The average molecular weight is 444 g/mol.